The lowest BCUT2D eigenvalue weighted by Gasteiger charge is -2.32. The molecule has 1 fully saturated rings. The predicted molar refractivity (Wildman–Crippen MR) is 75.9 cm³/mol. The van der Waals surface area contributed by atoms with E-state index in [9.17, 15) is 9.59 Å². The topological polar surface area (TPSA) is 49.9 Å². The number of benzene rings is 1. The van der Waals surface area contributed by atoms with E-state index in [1.807, 2.05) is 30.3 Å². The average molecular weight is 297 g/mol. The fourth-order valence-electron chi connectivity index (χ4n) is 2.06. The number of hydrogen-bond acceptors (Lipinski definition) is 3. The molecule has 1 aliphatic heterocycles. The number of rotatable bonds is 3. The summed E-state index contributed by atoms with van der Waals surface area (Å²) in [5, 5.41) is -0.470. The average Bonchev–Trinajstić information content (AvgIpc) is 2.48. The van der Waals surface area contributed by atoms with Gasteiger partial charge >= 0.3 is 11.5 Å². The summed E-state index contributed by atoms with van der Waals surface area (Å²) < 4.78 is 5.23. The van der Waals surface area contributed by atoms with Gasteiger partial charge in [-0.25, -0.2) is 4.79 Å². The number of piperazine rings is 1. The van der Waals surface area contributed by atoms with Crippen LogP contribution in [0.15, 0.2) is 30.3 Å². The van der Waals surface area contributed by atoms with Gasteiger partial charge in [-0.1, -0.05) is 30.3 Å². The maximum absolute atomic E-state index is 11.8. The first kappa shape index (κ1) is 14.7. The first-order valence-electron chi connectivity index (χ1n) is 6.57. The Hall–Kier alpha value is -1.75. The smallest absolute Gasteiger partial charge is 0.409 e. The molecule has 6 heteroatoms. The third-order valence-corrected chi connectivity index (χ3v) is 3.48. The normalized spacial score (nSPS) is 15.1. The van der Waals surface area contributed by atoms with Crippen molar-refractivity contribution in [2.45, 2.75) is 6.42 Å². The van der Waals surface area contributed by atoms with Crippen LogP contribution < -0.4 is 0 Å². The Morgan fingerprint density at radius 1 is 1.05 bits per heavy atom. The molecule has 0 bridgehead atoms. The van der Waals surface area contributed by atoms with Gasteiger partial charge in [0.25, 0.3) is 0 Å². The number of amides is 2. The number of halogens is 1. The van der Waals surface area contributed by atoms with E-state index in [2.05, 4.69) is 0 Å². The molecular weight excluding hydrogens is 280 g/mol. The van der Waals surface area contributed by atoms with Crippen molar-refractivity contribution in [1.29, 1.82) is 0 Å². The van der Waals surface area contributed by atoms with Crippen LogP contribution in [0.3, 0.4) is 0 Å². The predicted octanol–water partition coefficient (Wildman–Crippen LogP) is 2.34. The lowest BCUT2D eigenvalue weighted by atomic mass is 10.2. The molecule has 1 aromatic rings. The van der Waals surface area contributed by atoms with Crippen LogP contribution in [0.1, 0.15) is 5.56 Å². The molecule has 1 heterocycles. The van der Waals surface area contributed by atoms with Crippen LogP contribution in [-0.2, 0) is 11.2 Å². The van der Waals surface area contributed by atoms with Crippen molar-refractivity contribution in [1.82, 2.24) is 9.80 Å². The molecule has 0 radical (unpaired) electrons. The number of carbonyl (C=O) groups is 2. The lowest BCUT2D eigenvalue weighted by Crippen LogP contribution is -2.49. The molecule has 0 saturated carbocycles. The summed E-state index contributed by atoms with van der Waals surface area (Å²) in [4.78, 5) is 25.9. The molecule has 5 nitrogen and oxygen atoms in total. The zero-order chi connectivity index (χ0) is 14.4. The highest BCUT2D eigenvalue weighted by molar-refractivity contribution is 6.62. The summed E-state index contributed by atoms with van der Waals surface area (Å²) in [5.41, 5.74) is 1.14. The van der Waals surface area contributed by atoms with Gasteiger partial charge in [-0.05, 0) is 17.2 Å². The van der Waals surface area contributed by atoms with Crippen molar-refractivity contribution in [3.8, 4) is 0 Å². The third-order valence-electron chi connectivity index (χ3n) is 3.25. The largest absolute Gasteiger partial charge is 0.449 e. The molecule has 2 rings (SSSR count). The van der Waals surface area contributed by atoms with Gasteiger partial charge in [0, 0.05) is 32.6 Å². The van der Waals surface area contributed by atoms with Gasteiger partial charge in [-0.3, -0.25) is 4.79 Å². The second-order valence-corrected chi connectivity index (χ2v) is 4.90. The summed E-state index contributed by atoms with van der Waals surface area (Å²) in [6.07, 6.45) is 0.370. The maximum Gasteiger partial charge on any atom is 0.409 e. The van der Waals surface area contributed by atoms with Gasteiger partial charge in [0.1, 0.15) is 0 Å². The summed E-state index contributed by atoms with van der Waals surface area (Å²) >= 11 is 5.39. The Morgan fingerprint density at radius 2 is 1.65 bits per heavy atom. The van der Waals surface area contributed by atoms with E-state index < -0.39 is 5.37 Å². The maximum atomic E-state index is 11.8. The fraction of sp³-hybridized carbons (Fsp3) is 0.429. The Labute approximate surface area is 123 Å². The highest BCUT2D eigenvalue weighted by Gasteiger charge is 2.23. The summed E-state index contributed by atoms with van der Waals surface area (Å²) in [6.45, 7) is 2.19. The molecule has 0 aromatic heterocycles. The van der Waals surface area contributed by atoms with Crippen LogP contribution in [0, 0.1) is 0 Å². The third kappa shape index (κ3) is 4.13. The number of ether oxygens (including phenoxy) is 1. The van der Waals surface area contributed by atoms with Gasteiger partial charge < -0.3 is 14.5 Å². The molecule has 0 atom stereocenters. The first-order chi connectivity index (χ1) is 9.66. The van der Waals surface area contributed by atoms with Crippen molar-refractivity contribution in [3.05, 3.63) is 35.9 Å². The summed E-state index contributed by atoms with van der Waals surface area (Å²) in [5.74, 6) is 0. The summed E-state index contributed by atoms with van der Waals surface area (Å²) in [6, 6.07) is 9.86. The van der Waals surface area contributed by atoms with Crippen molar-refractivity contribution in [2.75, 3.05) is 32.8 Å². The molecule has 1 saturated heterocycles. The van der Waals surface area contributed by atoms with Crippen LogP contribution in [-0.4, -0.2) is 54.0 Å². The van der Waals surface area contributed by atoms with E-state index in [0.29, 0.717) is 39.2 Å². The van der Waals surface area contributed by atoms with Crippen molar-refractivity contribution in [3.63, 3.8) is 0 Å². The quantitative estimate of drug-likeness (QED) is 0.635. The molecule has 0 N–H and O–H groups in total. The molecule has 0 spiro atoms. The van der Waals surface area contributed by atoms with Crippen LogP contribution in [0.4, 0.5) is 9.59 Å². The zero-order valence-electron chi connectivity index (χ0n) is 11.1. The minimum atomic E-state index is -0.470. The Morgan fingerprint density at radius 3 is 2.25 bits per heavy atom. The van der Waals surface area contributed by atoms with Crippen molar-refractivity contribution < 1.29 is 14.3 Å². The van der Waals surface area contributed by atoms with Gasteiger partial charge in [-0.2, -0.15) is 0 Å². The van der Waals surface area contributed by atoms with Gasteiger partial charge in [-0.15, -0.1) is 0 Å². The summed E-state index contributed by atoms with van der Waals surface area (Å²) in [7, 11) is 0. The Balaban J connectivity index is 1.69. The molecule has 108 valence electrons. The van der Waals surface area contributed by atoms with E-state index in [4.69, 9.17) is 16.3 Å². The fourth-order valence-corrected chi connectivity index (χ4v) is 2.23. The molecule has 0 unspecified atom stereocenters. The highest BCUT2D eigenvalue weighted by atomic mass is 35.5. The number of hydrogen-bond donors (Lipinski definition) is 0. The Bertz CT molecular complexity index is 459. The van der Waals surface area contributed by atoms with Gasteiger partial charge in [0.15, 0.2) is 0 Å². The van der Waals surface area contributed by atoms with E-state index in [0.717, 1.165) is 5.56 Å². The van der Waals surface area contributed by atoms with E-state index in [1.165, 1.54) is 4.90 Å². The number of carbonyl (C=O) groups excluding carboxylic acids is 2. The van der Waals surface area contributed by atoms with Crippen LogP contribution >= 0.6 is 11.6 Å². The minimum absolute atomic E-state index is 0.331. The molecule has 1 aromatic carbocycles. The van der Waals surface area contributed by atoms with Crippen molar-refractivity contribution in [2.24, 2.45) is 0 Å². The molecule has 0 aliphatic carbocycles. The van der Waals surface area contributed by atoms with E-state index in [1.54, 1.807) is 4.90 Å². The van der Waals surface area contributed by atoms with Crippen LogP contribution in [0.2, 0.25) is 0 Å². The van der Waals surface area contributed by atoms with Crippen LogP contribution in [0.25, 0.3) is 0 Å². The second-order valence-electron chi connectivity index (χ2n) is 4.58. The minimum Gasteiger partial charge on any atom is -0.449 e. The first-order valence-corrected chi connectivity index (χ1v) is 6.94. The second kappa shape index (κ2) is 7.14. The lowest BCUT2D eigenvalue weighted by molar-refractivity contribution is 0.0850. The van der Waals surface area contributed by atoms with Gasteiger partial charge in [0.2, 0.25) is 0 Å². The monoisotopic (exact) mass is 296 g/mol. The highest BCUT2D eigenvalue weighted by Crippen LogP contribution is 2.07. The van der Waals surface area contributed by atoms with Crippen molar-refractivity contribution >= 4 is 23.1 Å². The van der Waals surface area contributed by atoms with E-state index >= 15 is 0 Å². The standard InChI is InChI=1S/C14H17ClN2O3/c15-13(18)16-7-9-17(10-8-16)14(19)20-11-6-12-4-2-1-3-5-12/h1-5H,6-11H2. The molecule has 1 aliphatic rings. The van der Waals surface area contributed by atoms with Crippen LogP contribution in [0.5, 0.6) is 0 Å². The SMILES string of the molecule is O=C(Cl)N1CCN(C(=O)OCCc2ccccc2)CC1. The Kier molecular flexibility index (Phi) is 5.24. The number of nitrogens with zero attached hydrogens (tertiary/aromatic N) is 2. The van der Waals surface area contributed by atoms with Gasteiger partial charge in [0.05, 0.1) is 6.61 Å². The molecule has 20 heavy (non-hydrogen) atoms. The zero-order valence-corrected chi connectivity index (χ0v) is 11.9. The molecular formula is C14H17ClN2O3. The van der Waals surface area contributed by atoms with E-state index in [-0.39, 0.29) is 6.09 Å². The molecule has 2 amide bonds.